The molecule has 1 aliphatic heterocycles. The lowest BCUT2D eigenvalue weighted by Crippen LogP contribution is -2.32. The van der Waals surface area contributed by atoms with Gasteiger partial charge in [0.25, 0.3) is 0 Å². The van der Waals surface area contributed by atoms with Crippen LogP contribution in [0.1, 0.15) is 32.3 Å². The molecular formula is C12H20FN3. The van der Waals surface area contributed by atoms with E-state index in [0.29, 0.717) is 11.5 Å². The average Bonchev–Trinajstić information content (AvgIpc) is 2.67. The second-order valence-corrected chi connectivity index (χ2v) is 5.14. The van der Waals surface area contributed by atoms with Crippen LogP contribution in [0.2, 0.25) is 0 Å². The number of rotatable bonds is 3. The van der Waals surface area contributed by atoms with Crippen LogP contribution in [-0.2, 0) is 12.2 Å². The van der Waals surface area contributed by atoms with Gasteiger partial charge in [-0.3, -0.25) is 4.68 Å². The van der Waals surface area contributed by atoms with Crippen molar-refractivity contribution < 1.29 is 4.39 Å². The van der Waals surface area contributed by atoms with Crippen LogP contribution in [0.4, 0.5) is 4.39 Å². The highest BCUT2D eigenvalue weighted by atomic mass is 19.1. The van der Waals surface area contributed by atoms with Crippen LogP contribution in [0.15, 0.2) is 12.4 Å². The molecule has 0 amide bonds. The van der Waals surface area contributed by atoms with E-state index in [2.05, 4.69) is 10.4 Å². The molecule has 1 aliphatic rings. The van der Waals surface area contributed by atoms with Gasteiger partial charge in [-0.1, -0.05) is 0 Å². The average molecular weight is 225 g/mol. The molecule has 16 heavy (non-hydrogen) atoms. The predicted molar refractivity (Wildman–Crippen MR) is 62.0 cm³/mol. The molecule has 90 valence electrons. The third-order valence-corrected chi connectivity index (χ3v) is 3.16. The van der Waals surface area contributed by atoms with E-state index in [9.17, 15) is 4.39 Å². The van der Waals surface area contributed by atoms with E-state index in [0.717, 1.165) is 19.6 Å². The van der Waals surface area contributed by atoms with Crippen molar-refractivity contribution in [3.05, 3.63) is 18.0 Å². The Bertz CT molecular complexity index is 334. The number of aromatic nitrogens is 2. The molecule has 1 atom stereocenters. The number of piperidine rings is 1. The Labute approximate surface area is 96.0 Å². The van der Waals surface area contributed by atoms with Crippen molar-refractivity contribution in [1.82, 2.24) is 15.1 Å². The Morgan fingerprint density at radius 1 is 1.62 bits per heavy atom. The molecule has 2 rings (SSSR count). The molecule has 1 saturated heterocycles. The van der Waals surface area contributed by atoms with Crippen LogP contribution in [0.3, 0.4) is 0 Å². The number of alkyl halides is 1. The summed E-state index contributed by atoms with van der Waals surface area (Å²) in [6, 6.07) is 0. The van der Waals surface area contributed by atoms with Gasteiger partial charge < -0.3 is 5.32 Å². The zero-order valence-electron chi connectivity index (χ0n) is 10.0. The van der Waals surface area contributed by atoms with Gasteiger partial charge in [-0.05, 0) is 45.7 Å². The highest BCUT2D eigenvalue weighted by molar-refractivity contribution is 5.12. The summed E-state index contributed by atoms with van der Waals surface area (Å²) in [7, 11) is 0. The molecule has 0 saturated carbocycles. The van der Waals surface area contributed by atoms with E-state index in [4.69, 9.17) is 0 Å². The molecule has 1 aromatic heterocycles. The van der Waals surface area contributed by atoms with E-state index in [1.165, 1.54) is 12.8 Å². The quantitative estimate of drug-likeness (QED) is 0.853. The SMILES string of the molecule is CC(C)(F)c1cnn(CC2CCCNC2)c1. The zero-order chi connectivity index (χ0) is 11.6. The largest absolute Gasteiger partial charge is 0.316 e. The maximum Gasteiger partial charge on any atom is 0.133 e. The van der Waals surface area contributed by atoms with Gasteiger partial charge in [-0.2, -0.15) is 5.10 Å². The van der Waals surface area contributed by atoms with Gasteiger partial charge in [-0.15, -0.1) is 0 Å². The summed E-state index contributed by atoms with van der Waals surface area (Å²) in [6.07, 6.45) is 5.93. The lowest BCUT2D eigenvalue weighted by molar-refractivity contribution is 0.221. The van der Waals surface area contributed by atoms with Crippen molar-refractivity contribution in [3.8, 4) is 0 Å². The van der Waals surface area contributed by atoms with Gasteiger partial charge in [0.05, 0.1) is 6.20 Å². The highest BCUT2D eigenvalue weighted by Gasteiger charge is 2.21. The number of nitrogens with zero attached hydrogens (tertiary/aromatic N) is 2. The molecule has 0 bridgehead atoms. The second-order valence-electron chi connectivity index (χ2n) is 5.14. The molecule has 1 aromatic rings. The molecule has 4 heteroatoms. The Kier molecular flexibility index (Phi) is 3.28. The summed E-state index contributed by atoms with van der Waals surface area (Å²) in [5.41, 5.74) is -0.625. The van der Waals surface area contributed by atoms with E-state index in [1.807, 2.05) is 10.9 Å². The van der Waals surface area contributed by atoms with Gasteiger partial charge >= 0.3 is 0 Å². The molecular weight excluding hydrogens is 205 g/mol. The topological polar surface area (TPSA) is 29.9 Å². The molecule has 0 radical (unpaired) electrons. The first kappa shape index (κ1) is 11.6. The number of hydrogen-bond donors (Lipinski definition) is 1. The third kappa shape index (κ3) is 2.82. The lowest BCUT2D eigenvalue weighted by atomic mass is 10.00. The molecule has 1 unspecified atom stereocenters. The summed E-state index contributed by atoms with van der Waals surface area (Å²) in [6.45, 7) is 6.20. The van der Waals surface area contributed by atoms with Crippen LogP contribution < -0.4 is 5.32 Å². The van der Waals surface area contributed by atoms with Gasteiger partial charge in [-0.25, -0.2) is 4.39 Å². The van der Waals surface area contributed by atoms with Crippen molar-refractivity contribution >= 4 is 0 Å². The van der Waals surface area contributed by atoms with Crippen molar-refractivity contribution in [2.24, 2.45) is 5.92 Å². The predicted octanol–water partition coefficient (Wildman–Crippen LogP) is 2.09. The first-order valence-corrected chi connectivity index (χ1v) is 5.98. The monoisotopic (exact) mass is 225 g/mol. The number of halogens is 1. The molecule has 0 spiro atoms. The normalized spacial score (nSPS) is 22.3. The van der Waals surface area contributed by atoms with Gasteiger partial charge in [0.15, 0.2) is 0 Å². The number of nitrogens with one attached hydrogen (secondary N) is 1. The Morgan fingerprint density at radius 3 is 3.00 bits per heavy atom. The van der Waals surface area contributed by atoms with Crippen molar-refractivity contribution in [2.75, 3.05) is 13.1 Å². The van der Waals surface area contributed by atoms with E-state index >= 15 is 0 Å². The van der Waals surface area contributed by atoms with Crippen molar-refractivity contribution in [1.29, 1.82) is 0 Å². The van der Waals surface area contributed by atoms with Crippen LogP contribution in [0.25, 0.3) is 0 Å². The van der Waals surface area contributed by atoms with Crippen LogP contribution in [0, 0.1) is 5.92 Å². The second kappa shape index (κ2) is 4.53. The first-order chi connectivity index (χ1) is 7.55. The minimum absolute atomic E-state index is 0.629. The maximum atomic E-state index is 13.6. The highest BCUT2D eigenvalue weighted by Crippen LogP contribution is 2.24. The van der Waals surface area contributed by atoms with Gasteiger partial charge in [0, 0.05) is 18.3 Å². The summed E-state index contributed by atoms with van der Waals surface area (Å²) in [5.74, 6) is 0.629. The van der Waals surface area contributed by atoms with E-state index in [-0.39, 0.29) is 0 Å². The molecule has 2 heterocycles. The smallest absolute Gasteiger partial charge is 0.133 e. The first-order valence-electron chi connectivity index (χ1n) is 5.98. The van der Waals surface area contributed by atoms with E-state index in [1.54, 1.807) is 20.0 Å². The van der Waals surface area contributed by atoms with E-state index < -0.39 is 5.67 Å². The molecule has 1 fully saturated rings. The third-order valence-electron chi connectivity index (χ3n) is 3.16. The van der Waals surface area contributed by atoms with Crippen molar-refractivity contribution in [2.45, 2.75) is 38.9 Å². The van der Waals surface area contributed by atoms with Crippen LogP contribution in [-0.4, -0.2) is 22.9 Å². The fourth-order valence-corrected chi connectivity index (χ4v) is 2.11. The van der Waals surface area contributed by atoms with Crippen molar-refractivity contribution in [3.63, 3.8) is 0 Å². The van der Waals surface area contributed by atoms with Crippen LogP contribution >= 0.6 is 0 Å². The number of hydrogen-bond acceptors (Lipinski definition) is 2. The summed E-state index contributed by atoms with van der Waals surface area (Å²) in [5, 5.41) is 7.60. The molecule has 3 nitrogen and oxygen atoms in total. The Balaban J connectivity index is 1.97. The minimum Gasteiger partial charge on any atom is -0.316 e. The minimum atomic E-state index is -1.29. The summed E-state index contributed by atoms with van der Waals surface area (Å²) >= 11 is 0. The molecule has 0 aliphatic carbocycles. The standard InChI is InChI=1S/C12H20FN3/c1-12(2,13)11-7-15-16(9-11)8-10-4-3-5-14-6-10/h7,9-10,14H,3-6,8H2,1-2H3. The fraction of sp³-hybridized carbons (Fsp3) is 0.750. The zero-order valence-corrected chi connectivity index (χ0v) is 10.0. The fourth-order valence-electron chi connectivity index (χ4n) is 2.11. The van der Waals surface area contributed by atoms with Crippen LogP contribution in [0.5, 0.6) is 0 Å². The maximum absolute atomic E-state index is 13.6. The molecule has 0 aromatic carbocycles. The van der Waals surface area contributed by atoms with Gasteiger partial charge in [0.1, 0.15) is 5.67 Å². The Morgan fingerprint density at radius 2 is 2.44 bits per heavy atom. The Hall–Kier alpha value is -0.900. The lowest BCUT2D eigenvalue weighted by Gasteiger charge is -2.22. The molecule has 1 N–H and O–H groups in total. The summed E-state index contributed by atoms with van der Waals surface area (Å²) in [4.78, 5) is 0. The summed E-state index contributed by atoms with van der Waals surface area (Å²) < 4.78 is 15.5. The van der Waals surface area contributed by atoms with Gasteiger partial charge in [0.2, 0.25) is 0 Å².